The van der Waals surface area contributed by atoms with Crippen LogP contribution in [0.25, 0.3) is 0 Å². The summed E-state index contributed by atoms with van der Waals surface area (Å²) in [6.45, 7) is 5.31. The molecule has 1 aliphatic heterocycles. The number of aliphatic hydroxyl groups excluding tert-OH is 1. The maximum Gasteiger partial charge on any atom is 0.459 e. The van der Waals surface area contributed by atoms with Crippen molar-refractivity contribution in [2.24, 2.45) is 0 Å². The first-order valence-electron chi connectivity index (χ1n) is 11.2. The van der Waals surface area contributed by atoms with Crippen molar-refractivity contribution in [3.63, 3.8) is 0 Å². The molecular weight excluding hydrogens is 536 g/mol. The van der Waals surface area contributed by atoms with Gasteiger partial charge in [-0.3, -0.25) is 23.7 Å². The quantitative estimate of drug-likeness (QED) is 0.222. The number of nitrogens with zero attached hydrogens (tertiary/aromatic N) is 1. The maximum absolute atomic E-state index is 15.3. The standard InChI is InChI=1S/C22H28ClFN3O9P/c1-12(2)34-19(30)14(4)26-37(32,36-15-8-6-5-7-9-15)33-11-16-17(28)22(23,24)20(35-16)27-10-13(3)18(29)25-21(27)31/h5-10,12,14,16-17,20,28H,11H2,1-4H3,(H,26,32)(H,25,29,31)/t14-,16-,17-,20?,22-,37?/m1/s1. The van der Waals surface area contributed by atoms with Crippen molar-refractivity contribution in [1.29, 1.82) is 0 Å². The Morgan fingerprint density at radius 2 is 1.97 bits per heavy atom. The van der Waals surface area contributed by atoms with Crippen LogP contribution in [-0.4, -0.2) is 56.7 Å². The van der Waals surface area contributed by atoms with E-state index in [4.69, 9.17) is 30.1 Å². The van der Waals surface area contributed by atoms with Gasteiger partial charge in [-0.05, 0) is 39.8 Å². The molecule has 1 aromatic heterocycles. The molecule has 1 aliphatic rings. The number of ether oxygens (including phenoxy) is 2. The van der Waals surface area contributed by atoms with E-state index >= 15 is 4.39 Å². The molecule has 2 heterocycles. The van der Waals surface area contributed by atoms with Crippen LogP contribution in [0.3, 0.4) is 0 Å². The number of benzene rings is 1. The van der Waals surface area contributed by atoms with Gasteiger partial charge >= 0.3 is 19.4 Å². The van der Waals surface area contributed by atoms with Crippen molar-refractivity contribution >= 4 is 25.3 Å². The summed E-state index contributed by atoms with van der Waals surface area (Å²) >= 11 is 5.91. The molecule has 6 atom stereocenters. The Kier molecular flexibility index (Phi) is 8.99. The zero-order chi connectivity index (χ0) is 27.5. The highest BCUT2D eigenvalue weighted by molar-refractivity contribution is 7.52. The second-order valence-electron chi connectivity index (χ2n) is 8.66. The molecule has 0 saturated carbocycles. The fraction of sp³-hybridized carbons (Fsp3) is 0.500. The van der Waals surface area contributed by atoms with Gasteiger partial charge in [0.15, 0.2) is 6.23 Å². The van der Waals surface area contributed by atoms with Crippen LogP contribution in [0.5, 0.6) is 5.75 Å². The monoisotopic (exact) mass is 563 g/mol. The van der Waals surface area contributed by atoms with Gasteiger partial charge in [0, 0.05) is 11.8 Å². The molecule has 37 heavy (non-hydrogen) atoms. The van der Waals surface area contributed by atoms with E-state index in [0.29, 0.717) is 4.57 Å². The number of rotatable bonds is 10. The molecule has 3 N–H and O–H groups in total. The molecule has 2 aromatic rings. The summed E-state index contributed by atoms with van der Waals surface area (Å²) in [5.41, 5.74) is -1.64. The third-order valence-electron chi connectivity index (χ3n) is 5.21. The molecule has 0 amide bonds. The molecule has 15 heteroatoms. The summed E-state index contributed by atoms with van der Waals surface area (Å²) in [6.07, 6.45) is -4.84. The summed E-state index contributed by atoms with van der Waals surface area (Å²) < 4.78 is 51.1. The zero-order valence-electron chi connectivity index (χ0n) is 20.4. The zero-order valence-corrected chi connectivity index (χ0v) is 22.1. The molecule has 1 saturated heterocycles. The van der Waals surface area contributed by atoms with Crippen LogP contribution >= 0.6 is 19.3 Å². The first-order chi connectivity index (χ1) is 17.2. The molecule has 204 valence electrons. The van der Waals surface area contributed by atoms with Crippen LogP contribution in [0.2, 0.25) is 0 Å². The smallest absolute Gasteiger partial charge is 0.459 e. The lowest BCUT2D eigenvalue weighted by Crippen LogP contribution is -2.42. The lowest BCUT2D eigenvalue weighted by molar-refractivity contribution is -0.149. The minimum absolute atomic E-state index is 0.0667. The molecular formula is C22H28ClFN3O9P. The third-order valence-corrected chi connectivity index (χ3v) is 7.27. The molecule has 0 bridgehead atoms. The minimum atomic E-state index is -4.35. The number of alkyl halides is 2. The molecule has 2 unspecified atom stereocenters. The van der Waals surface area contributed by atoms with Gasteiger partial charge in [0.25, 0.3) is 10.7 Å². The van der Waals surface area contributed by atoms with Gasteiger partial charge in [0.05, 0.1) is 12.7 Å². The van der Waals surface area contributed by atoms with E-state index in [9.17, 15) is 24.1 Å². The number of aliphatic hydroxyl groups is 1. The normalized spacial score (nSPS) is 26.0. The van der Waals surface area contributed by atoms with Crippen LogP contribution in [0.1, 0.15) is 32.6 Å². The van der Waals surface area contributed by atoms with Crippen molar-refractivity contribution < 1.29 is 37.4 Å². The van der Waals surface area contributed by atoms with Crippen LogP contribution in [0, 0.1) is 6.92 Å². The van der Waals surface area contributed by atoms with Crippen molar-refractivity contribution in [1.82, 2.24) is 14.6 Å². The number of aromatic amines is 1. The number of esters is 1. The third kappa shape index (κ3) is 6.86. The number of halogens is 2. The predicted molar refractivity (Wildman–Crippen MR) is 130 cm³/mol. The van der Waals surface area contributed by atoms with Crippen molar-refractivity contribution in [3.8, 4) is 5.75 Å². The van der Waals surface area contributed by atoms with Crippen molar-refractivity contribution in [3.05, 3.63) is 62.9 Å². The average Bonchev–Trinajstić information content (AvgIpc) is 3.03. The number of carbonyl (C=O) groups is 1. The van der Waals surface area contributed by atoms with Gasteiger partial charge in [-0.2, -0.15) is 5.09 Å². The van der Waals surface area contributed by atoms with E-state index in [1.54, 1.807) is 32.0 Å². The average molecular weight is 564 g/mol. The second-order valence-corrected chi connectivity index (χ2v) is 10.9. The number of hydrogen-bond acceptors (Lipinski definition) is 9. The highest BCUT2D eigenvalue weighted by Crippen LogP contribution is 2.48. The number of carbonyl (C=O) groups excluding carboxylic acids is 1. The van der Waals surface area contributed by atoms with Crippen molar-refractivity contribution in [2.75, 3.05) is 6.61 Å². The maximum atomic E-state index is 15.3. The van der Waals surface area contributed by atoms with Gasteiger partial charge in [-0.1, -0.05) is 29.8 Å². The topological polar surface area (TPSA) is 158 Å². The Hall–Kier alpha value is -2.54. The number of nitrogens with one attached hydrogen (secondary N) is 2. The summed E-state index contributed by atoms with van der Waals surface area (Å²) in [4.78, 5) is 38.2. The SMILES string of the molecule is Cc1cn(C2O[C@H](COP(=O)(N[C@H](C)C(=O)OC(C)C)Oc3ccccc3)[C@@H](O)[C@]2(F)Cl)c(=O)[nH]c1=O. The van der Waals surface area contributed by atoms with Crippen LogP contribution in [0.15, 0.2) is 46.1 Å². The number of H-pyrrole nitrogens is 1. The van der Waals surface area contributed by atoms with E-state index < -0.39 is 67.3 Å². The Balaban J connectivity index is 1.82. The largest absolute Gasteiger partial charge is 0.462 e. The first kappa shape index (κ1) is 29.0. The summed E-state index contributed by atoms with van der Waals surface area (Å²) in [5.74, 6) is -0.606. The Morgan fingerprint density at radius 1 is 1.32 bits per heavy atom. The highest BCUT2D eigenvalue weighted by Gasteiger charge is 2.58. The number of aryl methyl sites for hydroxylation is 1. The number of hydrogen-bond donors (Lipinski definition) is 3. The Morgan fingerprint density at radius 3 is 2.59 bits per heavy atom. The van der Waals surface area contributed by atoms with Crippen molar-refractivity contribution in [2.45, 2.75) is 63.4 Å². The molecule has 12 nitrogen and oxygen atoms in total. The van der Waals surface area contributed by atoms with E-state index in [1.807, 2.05) is 4.98 Å². The van der Waals surface area contributed by atoms with Crippen LogP contribution in [-0.2, 0) is 23.4 Å². The molecule has 0 spiro atoms. The van der Waals surface area contributed by atoms with E-state index in [-0.39, 0.29) is 11.3 Å². The van der Waals surface area contributed by atoms with Gasteiger partial charge < -0.3 is 19.1 Å². The van der Waals surface area contributed by atoms with E-state index in [2.05, 4.69) is 5.09 Å². The fourth-order valence-corrected chi connectivity index (χ4v) is 5.17. The fourth-order valence-electron chi connectivity index (χ4n) is 3.37. The van der Waals surface area contributed by atoms with E-state index in [1.165, 1.54) is 26.0 Å². The molecule has 0 radical (unpaired) electrons. The second kappa shape index (κ2) is 11.5. The molecule has 1 aromatic carbocycles. The van der Waals surface area contributed by atoms with Crippen LogP contribution in [0.4, 0.5) is 4.39 Å². The number of aromatic nitrogens is 2. The van der Waals surface area contributed by atoms with Gasteiger partial charge in [0.1, 0.15) is 24.0 Å². The molecule has 3 rings (SSSR count). The van der Waals surface area contributed by atoms with E-state index in [0.717, 1.165) is 6.20 Å². The summed E-state index contributed by atoms with van der Waals surface area (Å²) in [5, 5.41) is 9.93. The van der Waals surface area contributed by atoms with Crippen LogP contribution < -0.4 is 20.9 Å². The number of para-hydroxylation sites is 1. The molecule has 0 aliphatic carbocycles. The lowest BCUT2D eigenvalue weighted by atomic mass is 10.1. The van der Waals surface area contributed by atoms with Gasteiger partial charge in [-0.15, -0.1) is 0 Å². The first-order valence-corrected chi connectivity index (χ1v) is 13.2. The van der Waals surface area contributed by atoms with Gasteiger partial charge in [-0.25, -0.2) is 13.8 Å². The minimum Gasteiger partial charge on any atom is -0.462 e. The van der Waals surface area contributed by atoms with Gasteiger partial charge in [0.2, 0.25) is 0 Å². The lowest BCUT2D eigenvalue weighted by Gasteiger charge is -2.25. The molecule has 1 fully saturated rings. The Bertz CT molecular complexity index is 1270. The predicted octanol–water partition coefficient (Wildman–Crippen LogP) is 2.14. The summed E-state index contributed by atoms with van der Waals surface area (Å²) in [7, 11) is -4.35. The Labute approximate surface area is 216 Å². The summed E-state index contributed by atoms with van der Waals surface area (Å²) in [6, 6.07) is 6.75. The highest BCUT2D eigenvalue weighted by atomic mass is 35.5.